The van der Waals surface area contributed by atoms with Crippen LogP contribution in [0.5, 0.6) is 0 Å². The monoisotopic (exact) mass is 229 g/mol. The molecule has 0 aliphatic rings. The minimum Gasteiger partial charge on any atom is -0.324 e. The third-order valence-electron chi connectivity index (χ3n) is 2.67. The van der Waals surface area contributed by atoms with Crippen LogP contribution in [0.1, 0.15) is 31.4 Å². The third-order valence-corrected chi connectivity index (χ3v) is 3.65. The summed E-state index contributed by atoms with van der Waals surface area (Å²) in [6.07, 6.45) is 1.81. The van der Waals surface area contributed by atoms with Crippen molar-refractivity contribution in [2.24, 2.45) is 5.73 Å². The van der Waals surface area contributed by atoms with Crippen molar-refractivity contribution in [3.8, 4) is 11.8 Å². The minimum atomic E-state index is 0.108. The highest BCUT2D eigenvalue weighted by atomic mass is 32.1. The molecule has 2 heteroatoms. The third kappa shape index (κ3) is 2.27. The molecule has 0 amide bonds. The lowest BCUT2D eigenvalue weighted by Crippen LogP contribution is -2.08. The molecule has 2 N–H and O–H groups in total. The number of benzene rings is 1. The van der Waals surface area contributed by atoms with Crippen molar-refractivity contribution in [2.75, 3.05) is 0 Å². The number of hydrogen-bond donors (Lipinski definition) is 1. The molecular formula is C14H15NS. The molecule has 0 aliphatic carbocycles. The Hall–Kier alpha value is -1.30. The summed E-state index contributed by atoms with van der Waals surface area (Å²) in [5.41, 5.74) is 7.45. The van der Waals surface area contributed by atoms with Gasteiger partial charge in [0.15, 0.2) is 0 Å². The average molecular weight is 229 g/mol. The maximum Gasteiger partial charge on any atom is 0.0346 e. The fourth-order valence-electron chi connectivity index (χ4n) is 1.79. The van der Waals surface area contributed by atoms with Gasteiger partial charge in [0.25, 0.3) is 0 Å². The van der Waals surface area contributed by atoms with Gasteiger partial charge in [0.05, 0.1) is 0 Å². The van der Waals surface area contributed by atoms with E-state index >= 15 is 0 Å². The van der Waals surface area contributed by atoms with Crippen LogP contribution < -0.4 is 5.73 Å². The van der Waals surface area contributed by atoms with Gasteiger partial charge in [0.1, 0.15) is 0 Å². The average Bonchev–Trinajstić information content (AvgIpc) is 2.73. The van der Waals surface area contributed by atoms with Gasteiger partial charge in [-0.15, -0.1) is 23.2 Å². The van der Waals surface area contributed by atoms with Gasteiger partial charge in [-0.1, -0.05) is 18.2 Å². The van der Waals surface area contributed by atoms with Crippen molar-refractivity contribution in [1.82, 2.24) is 0 Å². The highest BCUT2D eigenvalue weighted by molar-refractivity contribution is 7.17. The van der Waals surface area contributed by atoms with Crippen LogP contribution in [0.4, 0.5) is 0 Å². The number of hydrogen-bond acceptors (Lipinski definition) is 2. The zero-order valence-electron chi connectivity index (χ0n) is 9.36. The first-order valence-electron chi connectivity index (χ1n) is 5.44. The number of fused-ring (bicyclic) bond motifs is 1. The van der Waals surface area contributed by atoms with Gasteiger partial charge in [-0.3, -0.25) is 0 Å². The van der Waals surface area contributed by atoms with Gasteiger partial charge in [0, 0.05) is 17.2 Å². The lowest BCUT2D eigenvalue weighted by molar-refractivity contribution is 0.674. The second kappa shape index (κ2) is 5.16. The van der Waals surface area contributed by atoms with Crippen LogP contribution in [0.25, 0.3) is 10.1 Å². The van der Waals surface area contributed by atoms with E-state index in [9.17, 15) is 0 Å². The maximum atomic E-state index is 6.19. The lowest BCUT2D eigenvalue weighted by Gasteiger charge is -2.08. The normalized spacial score (nSPS) is 12.1. The molecule has 0 spiro atoms. The van der Waals surface area contributed by atoms with Crippen molar-refractivity contribution in [2.45, 2.75) is 25.8 Å². The van der Waals surface area contributed by atoms with Crippen molar-refractivity contribution in [3.63, 3.8) is 0 Å². The standard InChI is InChI=1S/C14H15NS/c1-2-3-4-8-13(15)12-10-16-14-9-6-5-7-11(12)14/h5-7,9-10,13H,4,8,15H2,1H3. The van der Waals surface area contributed by atoms with E-state index in [0.717, 1.165) is 12.8 Å². The molecule has 1 aromatic carbocycles. The Kier molecular flexibility index (Phi) is 3.61. The van der Waals surface area contributed by atoms with E-state index in [4.69, 9.17) is 5.73 Å². The Morgan fingerprint density at radius 3 is 3.00 bits per heavy atom. The molecule has 0 saturated heterocycles. The molecule has 1 aromatic heterocycles. The summed E-state index contributed by atoms with van der Waals surface area (Å²) < 4.78 is 1.31. The van der Waals surface area contributed by atoms with Crippen LogP contribution in [0.3, 0.4) is 0 Å². The molecule has 2 aromatic rings. The largest absolute Gasteiger partial charge is 0.324 e. The van der Waals surface area contributed by atoms with Crippen LogP contribution in [-0.2, 0) is 0 Å². The van der Waals surface area contributed by atoms with E-state index in [1.54, 1.807) is 11.3 Å². The Balaban J connectivity index is 2.21. The zero-order chi connectivity index (χ0) is 11.4. The zero-order valence-corrected chi connectivity index (χ0v) is 10.2. The summed E-state index contributed by atoms with van der Waals surface area (Å²) >= 11 is 1.77. The number of thiophene rings is 1. The van der Waals surface area contributed by atoms with E-state index in [-0.39, 0.29) is 6.04 Å². The van der Waals surface area contributed by atoms with Gasteiger partial charge >= 0.3 is 0 Å². The smallest absolute Gasteiger partial charge is 0.0346 e. The first-order chi connectivity index (χ1) is 7.83. The second-order valence-electron chi connectivity index (χ2n) is 3.76. The predicted octanol–water partition coefficient (Wildman–Crippen LogP) is 3.70. The maximum absolute atomic E-state index is 6.19. The van der Waals surface area contributed by atoms with E-state index in [0.29, 0.717) is 0 Å². The Morgan fingerprint density at radius 2 is 2.19 bits per heavy atom. The van der Waals surface area contributed by atoms with Crippen LogP contribution in [-0.4, -0.2) is 0 Å². The molecule has 0 radical (unpaired) electrons. The van der Waals surface area contributed by atoms with Gasteiger partial charge in [0.2, 0.25) is 0 Å². The fourth-order valence-corrected chi connectivity index (χ4v) is 2.82. The summed E-state index contributed by atoms with van der Waals surface area (Å²) in [7, 11) is 0. The van der Waals surface area contributed by atoms with Crippen molar-refractivity contribution < 1.29 is 0 Å². The number of rotatable bonds is 3. The molecule has 82 valence electrons. The molecule has 1 heterocycles. The summed E-state index contributed by atoms with van der Waals surface area (Å²) in [5, 5.41) is 3.47. The van der Waals surface area contributed by atoms with Crippen LogP contribution in [0, 0.1) is 11.8 Å². The quantitative estimate of drug-likeness (QED) is 0.798. The van der Waals surface area contributed by atoms with E-state index in [2.05, 4.69) is 41.5 Å². The van der Waals surface area contributed by atoms with Crippen molar-refractivity contribution >= 4 is 21.4 Å². The minimum absolute atomic E-state index is 0.108. The van der Waals surface area contributed by atoms with Crippen LogP contribution in [0.15, 0.2) is 29.6 Å². The SMILES string of the molecule is CC#CCCC(N)c1csc2ccccc12. The molecular weight excluding hydrogens is 214 g/mol. The van der Waals surface area contributed by atoms with Crippen LogP contribution >= 0.6 is 11.3 Å². The van der Waals surface area contributed by atoms with E-state index in [1.165, 1.54) is 15.6 Å². The molecule has 1 unspecified atom stereocenters. The topological polar surface area (TPSA) is 26.0 Å². The molecule has 0 bridgehead atoms. The van der Waals surface area contributed by atoms with Gasteiger partial charge in [-0.25, -0.2) is 0 Å². The summed E-state index contributed by atoms with van der Waals surface area (Å²) in [6.45, 7) is 1.87. The van der Waals surface area contributed by atoms with E-state index in [1.807, 2.05) is 6.92 Å². The van der Waals surface area contributed by atoms with E-state index < -0.39 is 0 Å². The molecule has 0 aliphatic heterocycles. The molecule has 0 saturated carbocycles. The lowest BCUT2D eigenvalue weighted by atomic mass is 10.0. The Labute approximate surface area is 100 Å². The first-order valence-corrected chi connectivity index (χ1v) is 6.32. The van der Waals surface area contributed by atoms with Gasteiger partial charge < -0.3 is 5.73 Å². The highest BCUT2D eigenvalue weighted by Gasteiger charge is 2.10. The van der Waals surface area contributed by atoms with Crippen LogP contribution in [0.2, 0.25) is 0 Å². The molecule has 1 atom stereocenters. The molecule has 0 fully saturated rings. The second-order valence-corrected chi connectivity index (χ2v) is 4.67. The summed E-state index contributed by atoms with van der Waals surface area (Å²) in [5.74, 6) is 5.97. The van der Waals surface area contributed by atoms with Crippen molar-refractivity contribution in [3.05, 3.63) is 35.2 Å². The highest BCUT2D eigenvalue weighted by Crippen LogP contribution is 2.30. The predicted molar refractivity (Wildman–Crippen MR) is 71.4 cm³/mol. The first kappa shape index (κ1) is 11.2. The van der Waals surface area contributed by atoms with Gasteiger partial charge in [-0.2, -0.15) is 0 Å². The summed E-state index contributed by atoms with van der Waals surface area (Å²) in [4.78, 5) is 0. The Morgan fingerprint density at radius 1 is 1.38 bits per heavy atom. The summed E-state index contributed by atoms with van der Waals surface area (Å²) in [6, 6.07) is 8.53. The molecule has 16 heavy (non-hydrogen) atoms. The Bertz CT molecular complexity index is 530. The fraction of sp³-hybridized carbons (Fsp3) is 0.286. The molecule has 2 rings (SSSR count). The van der Waals surface area contributed by atoms with Gasteiger partial charge in [-0.05, 0) is 35.7 Å². The molecule has 1 nitrogen and oxygen atoms in total. The van der Waals surface area contributed by atoms with Crippen molar-refractivity contribution in [1.29, 1.82) is 0 Å². The number of nitrogens with two attached hydrogens (primary N) is 1.